The van der Waals surface area contributed by atoms with Crippen LogP contribution in [0.15, 0.2) is 0 Å². The monoisotopic (exact) mass is 312 g/mol. The number of carbonyl (C=O) groups is 2. The number of hydrogen-bond acceptors (Lipinski definition) is 3. The van der Waals surface area contributed by atoms with Crippen molar-refractivity contribution in [3.8, 4) is 0 Å². The SMILES string of the molecule is CC1(CNC(=O)NC2C3CCC(C3)C2C(=O)O)CCCS1. The zero-order chi connectivity index (χ0) is 15.0. The molecule has 2 amide bonds. The van der Waals surface area contributed by atoms with Gasteiger partial charge in [0.05, 0.1) is 5.92 Å². The molecule has 0 aromatic heterocycles. The molecule has 3 rings (SSSR count). The molecule has 21 heavy (non-hydrogen) atoms. The van der Waals surface area contributed by atoms with Crippen molar-refractivity contribution in [2.45, 2.75) is 49.8 Å². The van der Waals surface area contributed by atoms with Gasteiger partial charge in [0.25, 0.3) is 0 Å². The maximum atomic E-state index is 12.1. The Kier molecular flexibility index (Phi) is 4.08. The molecule has 0 aromatic carbocycles. The van der Waals surface area contributed by atoms with Crippen LogP contribution in [-0.4, -0.2) is 40.2 Å². The minimum absolute atomic E-state index is 0.137. The maximum Gasteiger partial charge on any atom is 0.315 e. The lowest BCUT2D eigenvalue weighted by Gasteiger charge is -2.30. The third-order valence-electron chi connectivity index (χ3n) is 5.42. The molecule has 5 atom stereocenters. The van der Waals surface area contributed by atoms with Crippen molar-refractivity contribution in [3.05, 3.63) is 0 Å². The van der Waals surface area contributed by atoms with E-state index < -0.39 is 11.9 Å². The first-order chi connectivity index (χ1) is 9.98. The summed E-state index contributed by atoms with van der Waals surface area (Å²) in [5.74, 6) is 0.600. The second-order valence-electron chi connectivity index (χ2n) is 6.95. The van der Waals surface area contributed by atoms with Crippen LogP contribution in [0.25, 0.3) is 0 Å². The summed E-state index contributed by atoms with van der Waals surface area (Å²) >= 11 is 1.91. The first-order valence-electron chi connectivity index (χ1n) is 7.90. The summed E-state index contributed by atoms with van der Waals surface area (Å²) < 4.78 is 0.137. The molecule has 118 valence electrons. The summed E-state index contributed by atoms with van der Waals surface area (Å²) in [6, 6.07) is -0.391. The van der Waals surface area contributed by atoms with Crippen molar-refractivity contribution in [2.24, 2.45) is 17.8 Å². The summed E-state index contributed by atoms with van der Waals surface area (Å²) in [6.45, 7) is 2.84. The number of rotatable bonds is 4. The number of fused-ring (bicyclic) bond motifs is 2. The van der Waals surface area contributed by atoms with Gasteiger partial charge in [0.15, 0.2) is 0 Å². The smallest absolute Gasteiger partial charge is 0.315 e. The lowest BCUT2D eigenvalue weighted by Crippen LogP contribution is -2.51. The van der Waals surface area contributed by atoms with E-state index in [0.29, 0.717) is 12.5 Å². The molecule has 0 aromatic rings. The fourth-order valence-electron chi connectivity index (χ4n) is 4.30. The van der Waals surface area contributed by atoms with Crippen molar-refractivity contribution in [2.75, 3.05) is 12.3 Å². The highest BCUT2D eigenvalue weighted by atomic mass is 32.2. The molecule has 5 nitrogen and oxygen atoms in total. The molecular formula is C15H24N2O3S. The van der Waals surface area contributed by atoms with E-state index in [1.165, 1.54) is 6.42 Å². The standard InChI is InChI=1S/C15H24N2O3S/c1-15(5-2-6-21-15)8-16-14(20)17-12-10-4-3-9(7-10)11(12)13(18)19/h9-12H,2-8H2,1H3,(H,18,19)(H2,16,17,20). The predicted molar refractivity (Wildman–Crippen MR) is 82.4 cm³/mol. The summed E-state index contributed by atoms with van der Waals surface area (Å²) in [6.07, 6.45) is 5.33. The van der Waals surface area contributed by atoms with Gasteiger partial charge < -0.3 is 15.7 Å². The van der Waals surface area contributed by atoms with Crippen molar-refractivity contribution in [1.82, 2.24) is 10.6 Å². The summed E-state index contributed by atoms with van der Waals surface area (Å²) in [4.78, 5) is 23.5. The van der Waals surface area contributed by atoms with Gasteiger partial charge in [-0.1, -0.05) is 0 Å². The molecule has 0 radical (unpaired) electrons. The third kappa shape index (κ3) is 3.00. The zero-order valence-corrected chi connectivity index (χ0v) is 13.2. The molecule has 3 fully saturated rings. The molecule has 1 saturated heterocycles. The number of urea groups is 1. The Hall–Kier alpha value is -0.910. The fraction of sp³-hybridized carbons (Fsp3) is 0.867. The van der Waals surface area contributed by atoms with E-state index in [9.17, 15) is 14.7 Å². The molecule has 3 N–H and O–H groups in total. The van der Waals surface area contributed by atoms with Gasteiger partial charge in [-0.25, -0.2) is 4.79 Å². The molecule has 1 aliphatic heterocycles. The van der Waals surface area contributed by atoms with E-state index in [1.54, 1.807) is 0 Å². The highest BCUT2D eigenvalue weighted by molar-refractivity contribution is 8.00. The average molecular weight is 312 g/mol. The molecule has 2 aliphatic carbocycles. The van der Waals surface area contributed by atoms with Gasteiger partial charge >= 0.3 is 12.0 Å². The lowest BCUT2D eigenvalue weighted by molar-refractivity contribution is -0.144. The first-order valence-corrected chi connectivity index (χ1v) is 8.88. The molecule has 3 aliphatic rings. The number of hydrogen-bond donors (Lipinski definition) is 3. The van der Waals surface area contributed by atoms with Gasteiger partial charge in [-0.15, -0.1) is 0 Å². The Morgan fingerprint density at radius 3 is 2.76 bits per heavy atom. The lowest BCUT2D eigenvalue weighted by atomic mass is 9.84. The Morgan fingerprint density at radius 2 is 2.10 bits per heavy atom. The van der Waals surface area contributed by atoms with Crippen molar-refractivity contribution in [3.63, 3.8) is 0 Å². The van der Waals surface area contributed by atoms with Gasteiger partial charge in [-0.05, 0) is 56.6 Å². The quantitative estimate of drug-likeness (QED) is 0.742. The molecule has 2 bridgehead atoms. The van der Waals surface area contributed by atoms with Crippen LogP contribution < -0.4 is 10.6 Å². The van der Waals surface area contributed by atoms with E-state index in [0.717, 1.165) is 31.4 Å². The number of amides is 2. The van der Waals surface area contributed by atoms with Gasteiger partial charge in [0, 0.05) is 17.3 Å². The minimum Gasteiger partial charge on any atom is -0.481 e. The van der Waals surface area contributed by atoms with Crippen LogP contribution in [0, 0.1) is 17.8 Å². The molecule has 0 spiro atoms. The molecule has 2 saturated carbocycles. The Bertz CT molecular complexity index is 437. The Morgan fingerprint density at radius 1 is 1.33 bits per heavy atom. The Balaban J connectivity index is 1.53. The highest BCUT2D eigenvalue weighted by Gasteiger charge is 2.51. The number of thioether (sulfide) groups is 1. The van der Waals surface area contributed by atoms with E-state index in [-0.39, 0.29) is 22.7 Å². The molecule has 1 heterocycles. The van der Waals surface area contributed by atoms with Crippen molar-refractivity contribution >= 4 is 23.8 Å². The molecule has 5 unspecified atom stereocenters. The second-order valence-corrected chi connectivity index (χ2v) is 8.63. The van der Waals surface area contributed by atoms with Crippen LogP contribution in [0.3, 0.4) is 0 Å². The molecular weight excluding hydrogens is 288 g/mol. The largest absolute Gasteiger partial charge is 0.481 e. The average Bonchev–Trinajstić information content (AvgIpc) is 3.12. The summed E-state index contributed by atoms with van der Waals surface area (Å²) in [5.41, 5.74) is 0. The topological polar surface area (TPSA) is 78.4 Å². The zero-order valence-electron chi connectivity index (χ0n) is 12.4. The molecule has 6 heteroatoms. The first kappa shape index (κ1) is 15.0. The van der Waals surface area contributed by atoms with Crippen LogP contribution in [0.5, 0.6) is 0 Å². The van der Waals surface area contributed by atoms with Crippen molar-refractivity contribution < 1.29 is 14.7 Å². The van der Waals surface area contributed by atoms with Gasteiger partial charge in [-0.3, -0.25) is 4.79 Å². The van der Waals surface area contributed by atoms with Crippen LogP contribution in [0.2, 0.25) is 0 Å². The van der Waals surface area contributed by atoms with Gasteiger partial charge in [0.1, 0.15) is 0 Å². The van der Waals surface area contributed by atoms with Crippen molar-refractivity contribution in [1.29, 1.82) is 0 Å². The van der Waals surface area contributed by atoms with E-state index in [1.807, 2.05) is 11.8 Å². The van der Waals surface area contributed by atoms with Crippen LogP contribution >= 0.6 is 11.8 Å². The van der Waals surface area contributed by atoms with E-state index in [2.05, 4.69) is 17.6 Å². The second kappa shape index (κ2) is 5.71. The number of carboxylic acids is 1. The highest BCUT2D eigenvalue weighted by Crippen LogP contribution is 2.48. The van der Waals surface area contributed by atoms with Crippen LogP contribution in [0.4, 0.5) is 4.79 Å². The van der Waals surface area contributed by atoms with E-state index in [4.69, 9.17) is 0 Å². The fourth-order valence-corrected chi connectivity index (χ4v) is 5.54. The summed E-state index contributed by atoms with van der Waals surface area (Å²) in [7, 11) is 0. The van der Waals surface area contributed by atoms with E-state index >= 15 is 0 Å². The van der Waals surface area contributed by atoms with Gasteiger partial charge in [0.2, 0.25) is 0 Å². The predicted octanol–water partition coefficient (Wildman–Crippen LogP) is 2.07. The maximum absolute atomic E-state index is 12.1. The van der Waals surface area contributed by atoms with Gasteiger partial charge in [-0.2, -0.15) is 11.8 Å². The normalized spacial score (nSPS) is 41.2. The number of carboxylic acid groups (broad SMARTS) is 1. The number of nitrogens with one attached hydrogen (secondary N) is 2. The Labute approximate surface area is 129 Å². The number of aliphatic carboxylic acids is 1. The van der Waals surface area contributed by atoms with Crippen LogP contribution in [-0.2, 0) is 4.79 Å². The third-order valence-corrected chi connectivity index (χ3v) is 6.96. The van der Waals surface area contributed by atoms with Crippen LogP contribution in [0.1, 0.15) is 39.0 Å². The summed E-state index contributed by atoms with van der Waals surface area (Å²) in [5, 5.41) is 15.3. The number of carbonyl (C=O) groups excluding carboxylic acids is 1. The minimum atomic E-state index is -0.759.